The molecule has 4 rings (SSSR count). The lowest BCUT2D eigenvalue weighted by Gasteiger charge is -2.33. The first-order valence-electron chi connectivity index (χ1n) is 13.7. The first-order chi connectivity index (χ1) is 19.6. The average molecular weight is 622 g/mol. The van der Waals surface area contributed by atoms with Crippen molar-refractivity contribution < 1.29 is 22.7 Å². The number of thiazole rings is 1. The van der Waals surface area contributed by atoms with E-state index in [1.807, 2.05) is 19.1 Å². The normalized spacial score (nSPS) is 14.5. The SMILES string of the molecule is CCOC(=O)N1CCN(S(=O)(=O)c2ccc(C(=O)N(CCN(CC)CC)c3nc4c(C)cc(Cl)cc4s3)cc2)CC1. The van der Waals surface area contributed by atoms with Gasteiger partial charge in [0.15, 0.2) is 5.13 Å². The first kappa shape index (κ1) is 31.2. The maximum atomic E-state index is 13.8. The van der Waals surface area contributed by atoms with Gasteiger partial charge in [-0.25, -0.2) is 18.2 Å². The van der Waals surface area contributed by atoms with Gasteiger partial charge in [0.2, 0.25) is 10.0 Å². The van der Waals surface area contributed by atoms with Crippen molar-refractivity contribution in [3.63, 3.8) is 0 Å². The smallest absolute Gasteiger partial charge is 0.409 e. The molecule has 222 valence electrons. The number of piperazine rings is 1. The number of hydrogen-bond acceptors (Lipinski definition) is 8. The highest BCUT2D eigenvalue weighted by Gasteiger charge is 2.31. The van der Waals surface area contributed by atoms with Crippen molar-refractivity contribution in [1.82, 2.24) is 19.1 Å². The summed E-state index contributed by atoms with van der Waals surface area (Å²) in [5.74, 6) is -0.257. The van der Waals surface area contributed by atoms with Gasteiger partial charge in [0.25, 0.3) is 5.91 Å². The molecule has 0 unspecified atom stereocenters. The van der Waals surface area contributed by atoms with Crippen LogP contribution in [0.1, 0.15) is 36.7 Å². The number of halogens is 1. The molecular formula is C28H36ClN5O5S2. The lowest BCUT2D eigenvalue weighted by molar-refractivity contribution is 0.0933. The lowest BCUT2D eigenvalue weighted by Crippen LogP contribution is -2.50. The number of carbonyl (C=O) groups excluding carboxylic acids is 2. The van der Waals surface area contributed by atoms with Gasteiger partial charge in [-0.1, -0.05) is 36.8 Å². The fourth-order valence-corrected chi connectivity index (χ4v) is 7.59. The maximum Gasteiger partial charge on any atom is 0.409 e. The van der Waals surface area contributed by atoms with E-state index in [1.54, 1.807) is 24.0 Å². The summed E-state index contributed by atoms with van der Waals surface area (Å²) in [6.07, 6.45) is -0.440. The van der Waals surface area contributed by atoms with E-state index in [-0.39, 0.29) is 43.6 Å². The fourth-order valence-electron chi connectivity index (χ4n) is 4.72. The topological polar surface area (TPSA) is 103 Å². The molecular weight excluding hydrogens is 586 g/mol. The van der Waals surface area contributed by atoms with E-state index in [0.29, 0.717) is 28.8 Å². The van der Waals surface area contributed by atoms with Gasteiger partial charge in [-0.3, -0.25) is 9.69 Å². The van der Waals surface area contributed by atoms with E-state index in [4.69, 9.17) is 21.3 Å². The highest BCUT2D eigenvalue weighted by atomic mass is 35.5. The molecule has 10 nitrogen and oxygen atoms in total. The number of ether oxygens (including phenoxy) is 1. The Balaban J connectivity index is 1.55. The molecule has 0 N–H and O–H groups in total. The van der Waals surface area contributed by atoms with Gasteiger partial charge in [-0.05, 0) is 68.9 Å². The number of amides is 2. The average Bonchev–Trinajstić information content (AvgIpc) is 3.39. The highest BCUT2D eigenvalue weighted by Crippen LogP contribution is 2.34. The molecule has 0 spiro atoms. The lowest BCUT2D eigenvalue weighted by atomic mass is 10.2. The summed E-state index contributed by atoms with van der Waals surface area (Å²) in [7, 11) is -3.79. The third kappa shape index (κ3) is 7.00. The van der Waals surface area contributed by atoms with Gasteiger partial charge >= 0.3 is 6.09 Å². The van der Waals surface area contributed by atoms with Gasteiger partial charge < -0.3 is 14.5 Å². The molecule has 13 heteroatoms. The zero-order chi connectivity index (χ0) is 29.7. The number of rotatable bonds is 10. The Kier molecular flexibility index (Phi) is 10.2. The van der Waals surface area contributed by atoms with E-state index in [1.165, 1.54) is 32.7 Å². The van der Waals surface area contributed by atoms with E-state index in [2.05, 4.69) is 18.7 Å². The predicted octanol–water partition coefficient (Wildman–Crippen LogP) is 4.71. The molecule has 0 aliphatic carbocycles. The quantitative estimate of drug-likeness (QED) is 0.323. The summed E-state index contributed by atoms with van der Waals surface area (Å²) >= 11 is 7.68. The number of likely N-dealkylation sites (N-methyl/N-ethyl adjacent to an activating group) is 1. The van der Waals surface area contributed by atoms with Crippen molar-refractivity contribution in [1.29, 1.82) is 0 Å². The number of carbonyl (C=O) groups is 2. The molecule has 1 aromatic heterocycles. The molecule has 0 atom stereocenters. The Morgan fingerprint density at radius 1 is 1.02 bits per heavy atom. The molecule has 1 saturated heterocycles. The number of aromatic nitrogens is 1. The summed E-state index contributed by atoms with van der Waals surface area (Å²) in [6.45, 7) is 11.7. The zero-order valence-corrected chi connectivity index (χ0v) is 26.2. The largest absolute Gasteiger partial charge is 0.450 e. The molecule has 3 aromatic rings. The second kappa shape index (κ2) is 13.5. The Morgan fingerprint density at radius 2 is 1.68 bits per heavy atom. The minimum Gasteiger partial charge on any atom is -0.450 e. The molecule has 1 aliphatic rings. The van der Waals surface area contributed by atoms with Crippen LogP contribution < -0.4 is 4.90 Å². The minimum absolute atomic E-state index is 0.0959. The second-order valence-electron chi connectivity index (χ2n) is 9.66. The van der Waals surface area contributed by atoms with Crippen molar-refractivity contribution in [2.75, 3.05) is 63.9 Å². The van der Waals surface area contributed by atoms with Crippen LogP contribution in [0.3, 0.4) is 0 Å². The maximum absolute atomic E-state index is 13.8. The highest BCUT2D eigenvalue weighted by molar-refractivity contribution is 7.89. The van der Waals surface area contributed by atoms with Crippen LogP contribution in [0.25, 0.3) is 10.2 Å². The molecule has 0 saturated carbocycles. The zero-order valence-electron chi connectivity index (χ0n) is 23.8. The number of anilines is 1. The molecule has 1 fully saturated rings. The fraction of sp³-hybridized carbons (Fsp3) is 0.464. The summed E-state index contributed by atoms with van der Waals surface area (Å²) in [5.41, 5.74) is 2.10. The number of nitrogens with zero attached hydrogens (tertiary/aromatic N) is 5. The number of benzene rings is 2. The van der Waals surface area contributed by atoms with Crippen LogP contribution in [0.2, 0.25) is 5.02 Å². The summed E-state index contributed by atoms with van der Waals surface area (Å²) < 4.78 is 33.9. The van der Waals surface area contributed by atoms with Gasteiger partial charge in [-0.2, -0.15) is 4.31 Å². The summed E-state index contributed by atoms with van der Waals surface area (Å²) in [5, 5.41) is 1.18. The van der Waals surface area contributed by atoms with Crippen LogP contribution in [-0.2, 0) is 14.8 Å². The Labute approximate surface area is 250 Å². The van der Waals surface area contributed by atoms with Crippen LogP contribution in [0.5, 0.6) is 0 Å². The van der Waals surface area contributed by atoms with E-state index >= 15 is 0 Å². The summed E-state index contributed by atoms with van der Waals surface area (Å²) in [6, 6.07) is 9.72. The van der Waals surface area contributed by atoms with Gasteiger partial charge in [0.1, 0.15) is 0 Å². The van der Waals surface area contributed by atoms with E-state index in [9.17, 15) is 18.0 Å². The predicted molar refractivity (Wildman–Crippen MR) is 163 cm³/mol. The molecule has 1 aliphatic heterocycles. The third-order valence-electron chi connectivity index (χ3n) is 7.15. The molecule has 41 heavy (non-hydrogen) atoms. The van der Waals surface area contributed by atoms with Crippen molar-refractivity contribution in [3.05, 3.63) is 52.5 Å². The van der Waals surface area contributed by atoms with Gasteiger partial charge in [-0.15, -0.1) is 0 Å². The van der Waals surface area contributed by atoms with Crippen LogP contribution >= 0.6 is 22.9 Å². The number of sulfonamides is 1. The van der Waals surface area contributed by atoms with Crippen LogP contribution in [0.4, 0.5) is 9.93 Å². The first-order valence-corrected chi connectivity index (χ1v) is 16.3. The van der Waals surface area contributed by atoms with Crippen molar-refractivity contribution in [2.45, 2.75) is 32.6 Å². The van der Waals surface area contributed by atoms with Crippen molar-refractivity contribution in [3.8, 4) is 0 Å². The molecule has 2 amide bonds. The van der Waals surface area contributed by atoms with Crippen molar-refractivity contribution >= 4 is 60.3 Å². The number of fused-ring (bicyclic) bond motifs is 1. The van der Waals surface area contributed by atoms with E-state index < -0.39 is 16.1 Å². The number of hydrogen-bond donors (Lipinski definition) is 0. The third-order valence-corrected chi connectivity index (χ3v) is 10.3. The Morgan fingerprint density at radius 3 is 2.29 bits per heavy atom. The molecule has 0 bridgehead atoms. The Bertz CT molecular complexity index is 1480. The van der Waals surface area contributed by atoms with Crippen LogP contribution in [0.15, 0.2) is 41.3 Å². The second-order valence-corrected chi connectivity index (χ2v) is 13.0. The Hall–Kier alpha value is -2.77. The van der Waals surface area contributed by atoms with Crippen molar-refractivity contribution in [2.24, 2.45) is 0 Å². The van der Waals surface area contributed by atoms with Crippen LogP contribution in [-0.4, -0.2) is 98.5 Å². The molecule has 0 radical (unpaired) electrons. The minimum atomic E-state index is -3.79. The monoisotopic (exact) mass is 621 g/mol. The molecule has 2 heterocycles. The van der Waals surface area contributed by atoms with Gasteiger partial charge in [0, 0.05) is 49.9 Å². The van der Waals surface area contributed by atoms with E-state index in [0.717, 1.165) is 28.9 Å². The summed E-state index contributed by atoms with van der Waals surface area (Å²) in [4.78, 5) is 36.1. The number of aryl methyl sites for hydroxylation is 1. The molecule has 2 aromatic carbocycles. The standard InChI is InChI=1S/C28H36ClN5O5S2/c1-5-31(6-2)12-17-34(27-30-25-20(4)18-22(29)19-24(25)40-27)26(35)21-8-10-23(11-9-21)41(37,38)33-15-13-32(14-16-33)28(36)39-7-3/h8-11,18-19H,5-7,12-17H2,1-4H3. The van der Waals surface area contributed by atoms with Gasteiger partial charge in [0.05, 0.1) is 21.7 Å². The van der Waals surface area contributed by atoms with Crippen LogP contribution in [0, 0.1) is 6.92 Å².